The summed E-state index contributed by atoms with van der Waals surface area (Å²) in [7, 11) is 0. The van der Waals surface area contributed by atoms with Gasteiger partial charge < -0.3 is 5.11 Å². The lowest BCUT2D eigenvalue weighted by Crippen LogP contribution is -2.06. The van der Waals surface area contributed by atoms with Crippen molar-refractivity contribution in [1.82, 2.24) is 4.98 Å². The fourth-order valence-electron chi connectivity index (χ4n) is 0.908. The minimum atomic E-state index is -4.36. The molecule has 0 unspecified atom stereocenters. The summed E-state index contributed by atoms with van der Waals surface area (Å²) in [6, 6.07) is 0.989. The van der Waals surface area contributed by atoms with Crippen molar-refractivity contribution in [3.63, 3.8) is 0 Å². The van der Waals surface area contributed by atoms with Crippen LogP contribution in [-0.4, -0.2) is 16.7 Å². The number of aliphatic hydroxyl groups is 1. The van der Waals surface area contributed by atoms with E-state index in [0.29, 0.717) is 5.56 Å². The standard InChI is InChI=1S/C8H8F3NO/c9-8(10,11)7-3-6(1-2-13)4-12-5-7/h3-5,13H,1-2H2. The van der Waals surface area contributed by atoms with E-state index < -0.39 is 11.7 Å². The van der Waals surface area contributed by atoms with Gasteiger partial charge in [-0.3, -0.25) is 4.98 Å². The molecule has 0 aliphatic carbocycles. The highest BCUT2D eigenvalue weighted by Crippen LogP contribution is 2.28. The van der Waals surface area contributed by atoms with Crippen LogP contribution >= 0.6 is 0 Å². The third-order valence-electron chi connectivity index (χ3n) is 1.52. The summed E-state index contributed by atoms with van der Waals surface area (Å²) in [6.45, 7) is -0.178. The molecule has 1 N–H and O–H groups in total. The number of aromatic nitrogens is 1. The second-order valence-corrected chi connectivity index (χ2v) is 2.55. The molecule has 0 aliphatic rings. The largest absolute Gasteiger partial charge is 0.417 e. The lowest BCUT2D eigenvalue weighted by molar-refractivity contribution is -0.137. The maximum Gasteiger partial charge on any atom is 0.417 e. The van der Waals surface area contributed by atoms with E-state index in [-0.39, 0.29) is 13.0 Å². The summed E-state index contributed by atoms with van der Waals surface area (Å²) in [4.78, 5) is 3.44. The Morgan fingerprint density at radius 3 is 2.54 bits per heavy atom. The van der Waals surface area contributed by atoms with Crippen LogP contribution in [0.25, 0.3) is 0 Å². The Kier molecular flexibility index (Phi) is 2.87. The van der Waals surface area contributed by atoms with Crippen LogP contribution in [0, 0.1) is 0 Å². The summed E-state index contributed by atoms with van der Waals surface area (Å²) < 4.78 is 36.3. The minimum absolute atomic E-state index is 0.178. The zero-order chi connectivity index (χ0) is 9.90. The second-order valence-electron chi connectivity index (χ2n) is 2.55. The fourth-order valence-corrected chi connectivity index (χ4v) is 0.908. The molecule has 5 heteroatoms. The van der Waals surface area contributed by atoms with E-state index in [1.165, 1.54) is 6.20 Å². The molecule has 72 valence electrons. The molecule has 0 saturated heterocycles. The number of rotatable bonds is 2. The first-order valence-corrected chi connectivity index (χ1v) is 3.66. The Labute approximate surface area is 73.0 Å². The molecule has 0 aliphatic heterocycles. The predicted molar refractivity (Wildman–Crippen MR) is 40.0 cm³/mol. The molecule has 0 atom stereocenters. The molecule has 1 aromatic rings. The number of halogens is 3. The number of nitrogens with zero attached hydrogens (tertiary/aromatic N) is 1. The molecule has 2 nitrogen and oxygen atoms in total. The summed E-state index contributed by atoms with van der Waals surface area (Å²) in [6.07, 6.45) is -2.10. The first kappa shape index (κ1) is 9.98. The van der Waals surface area contributed by atoms with Gasteiger partial charge in [-0.1, -0.05) is 0 Å². The van der Waals surface area contributed by atoms with E-state index in [9.17, 15) is 13.2 Å². The van der Waals surface area contributed by atoms with Gasteiger partial charge in [-0.25, -0.2) is 0 Å². The summed E-state index contributed by atoms with van der Waals surface area (Å²) >= 11 is 0. The maximum atomic E-state index is 12.1. The molecule has 0 amide bonds. The molecule has 0 bridgehead atoms. The maximum absolute atomic E-state index is 12.1. The van der Waals surface area contributed by atoms with Crippen LogP contribution in [0.3, 0.4) is 0 Å². The SMILES string of the molecule is OCCc1cncc(C(F)(F)F)c1. The first-order chi connectivity index (χ1) is 6.04. The van der Waals surface area contributed by atoms with Crippen LogP contribution < -0.4 is 0 Å². The van der Waals surface area contributed by atoms with Crippen LogP contribution in [0.15, 0.2) is 18.5 Å². The van der Waals surface area contributed by atoms with Crippen molar-refractivity contribution in [2.24, 2.45) is 0 Å². The molecular weight excluding hydrogens is 183 g/mol. The molecule has 13 heavy (non-hydrogen) atoms. The monoisotopic (exact) mass is 191 g/mol. The third kappa shape index (κ3) is 2.69. The van der Waals surface area contributed by atoms with Crippen molar-refractivity contribution in [3.8, 4) is 0 Å². The van der Waals surface area contributed by atoms with E-state index in [1.807, 2.05) is 0 Å². The van der Waals surface area contributed by atoms with Crippen molar-refractivity contribution >= 4 is 0 Å². The van der Waals surface area contributed by atoms with Gasteiger partial charge in [-0.05, 0) is 18.1 Å². The highest BCUT2D eigenvalue weighted by Gasteiger charge is 2.30. The molecule has 1 heterocycles. The summed E-state index contributed by atoms with van der Waals surface area (Å²) in [5.41, 5.74) is -0.393. The van der Waals surface area contributed by atoms with Crippen molar-refractivity contribution in [2.45, 2.75) is 12.6 Å². The van der Waals surface area contributed by atoms with Crippen LogP contribution in [0.5, 0.6) is 0 Å². The minimum Gasteiger partial charge on any atom is -0.396 e. The van der Waals surface area contributed by atoms with Crippen LogP contribution in [0.4, 0.5) is 13.2 Å². The van der Waals surface area contributed by atoms with Crippen molar-refractivity contribution in [2.75, 3.05) is 6.61 Å². The Hall–Kier alpha value is -1.10. The van der Waals surface area contributed by atoms with Gasteiger partial charge in [0.25, 0.3) is 0 Å². The molecule has 0 spiro atoms. The topological polar surface area (TPSA) is 33.1 Å². The molecule has 0 aromatic carbocycles. The summed E-state index contributed by atoms with van der Waals surface area (Å²) in [5, 5.41) is 8.50. The normalized spacial score (nSPS) is 11.7. The Bertz CT molecular complexity index is 285. The number of pyridine rings is 1. The van der Waals surface area contributed by atoms with Crippen LogP contribution in [-0.2, 0) is 12.6 Å². The van der Waals surface area contributed by atoms with Gasteiger partial charge in [0.2, 0.25) is 0 Å². The van der Waals surface area contributed by atoms with Crippen molar-refractivity contribution in [3.05, 3.63) is 29.6 Å². The third-order valence-corrected chi connectivity index (χ3v) is 1.52. The average Bonchev–Trinajstić information content (AvgIpc) is 2.04. The predicted octanol–water partition coefficient (Wildman–Crippen LogP) is 1.64. The second kappa shape index (κ2) is 3.74. The van der Waals surface area contributed by atoms with Crippen molar-refractivity contribution in [1.29, 1.82) is 0 Å². The zero-order valence-corrected chi connectivity index (χ0v) is 6.67. The molecule has 0 radical (unpaired) electrons. The highest BCUT2D eigenvalue weighted by molar-refractivity contribution is 5.20. The number of aliphatic hydroxyl groups excluding tert-OH is 1. The molecule has 0 saturated carbocycles. The van der Waals surface area contributed by atoms with Gasteiger partial charge in [0.1, 0.15) is 0 Å². The Morgan fingerprint density at radius 1 is 1.31 bits per heavy atom. The lowest BCUT2D eigenvalue weighted by atomic mass is 10.1. The van der Waals surface area contributed by atoms with Crippen LogP contribution in [0.1, 0.15) is 11.1 Å². The molecule has 1 rings (SSSR count). The molecule has 0 fully saturated rings. The van der Waals surface area contributed by atoms with E-state index in [2.05, 4.69) is 4.98 Å². The van der Waals surface area contributed by atoms with Gasteiger partial charge in [0.05, 0.1) is 5.56 Å². The smallest absolute Gasteiger partial charge is 0.396 e. The lowest BCUT2D eigenvalue weighted by Gasteiger charge is -2.06. The van der Waals surface area contributed by atoms with Gasteiger partial charge in [-0.2, -0.15) is 13.2 Å². The zero-order valence-electron chi connectivity index (χ0n) is 6.67. The fraction of sp³-hybridized carbons (Fsp3) is 0.375. The average molecular weight is 191 g/mol. The quantitative estimate of drug-likeness (QED) is 0.770. The van der Waals surface area contributed by atoms with E-state index in [4.69, 9.17) is 5.11 Å². The summed E-state index contributed by atoms with van der Waals surface area (Å²) in [5.74, 6) is 0. The molecular formula is C8H8F3NO. The van der Waals surface area contributed by atoms with Gasteiger partial charge in [-0.15, -0.1) is 0 Å². The number of alkyl halides is 3. The van der Waals surface area contributed by atoms with Gasteiger partial charge in [0, 0.05) is 19.0 Å². The Morgan fingerprint density at radius 2 is 2.00 bits per heavy atom. The van der Waals surface area contributed by atoms with E-state index in [0.717, 1.165) is 12.3 Å². The van der Waals surface area contributed by atoms with Gasteiger partial charge >= 0.3 is 6.18 Å². The first-order valence-electron chi connectivity index (χ1n) is 3.66. The van der Waals surface area contributed by atoms with E-state index >= 15 is 0 Å². The van der Waals surface area contributed by atoms with Crippen molar-refractivity contribution < 1.29 is 18.3 Å². The van der Waals surface area contributed by atoms with E-state index in [1.54, 1.807) is 0 Å². The van der Waals surface area contributed by atoms with Crippen LogP contribution in [0.2, 0.25) is 0 Å². The highest BCUT2D eigenvalue weighted by atomic mass is 19.4. The number of hydrogen-bond acceptors (Lipinski definition) is 2. The molecule has 1 aromatic heterocycles. The number of hydrogen-bond donors (Lipinski definition) is 1. The van der Waals surface area contributed by atoms with Gasteiger partial charge in [0.15, 0.2) is 0 Å². The Balaban J connectivity index is 2.92.